The van der Waals surface area contributed by atoms with Crippen molar-refractivity contribution in [3.05, 3.63) is 60.2 Å². The zero-order valence-electron chi connectivity index (χ0n) is 19.1. The number of para-hydroxylation sites is 1. The van der Waals surface area contributed by atoms with Gasteiger partial charge in [0, 0.05) is 24.2 Å². The molecule has 0 bridgehead atoms. The first-order valence-corrected chi connectivity index (χ1v) is 12.0. The predicted octanol–water partition coefficient (Wildman–Crippen LogP) is 5.89. The molecule has 0 spiro atoms. The number of aliphatic hydroxyl groups excluding tert-OH is 1. The minimum Gasteiger partial charge on any atom is -0.492 e. The molecule has 5 heteroatoms. The van der Waals surface area contributed by atoms with E-state index in [1.54, 1.807) is 0 Å². The summed E-state index contributed by atoms with van der Waals surface area (Å²) < 4.78 is 6.44. The SMILES string of the molecule is O=C(O)CCc1cccc(-c2ccc3cc(NCCO)ccc3c2)c1OCC1CCCCC1. The van der Waals surface area contributed by atoms with Crippen LogP contribution in [0, 0.1) is 5.92 Å². The molecule has 174 valence electrons. The molecule has 4 rings (SSSR count). The Morgan fingerprint density at radius 2 is 1.79 bits per heavy atom. The number of hydrogen-bond acceptors (Lipinski definition) is 4. The molecule has 3 aromatic rings. The third-order valence-corrected chi connectivity index (χ3v) is 6.49. The Hall–Kier alpha value is -3.05. The maximum Gasteiger partial charge on any atom is 0.303 e. The van der Waals surface area contributed by atoms with Crippen molar-refractivity contribution >= 4 is 22.4 Å². The summed E-state index contributed by atoms with van der Waals surface area (Å²) in [6.07, 6.45) is 6.79. The number of fused-ring (bicyclic) bond motifs is 1. The minimum atomic E-state index is -0.796. The molecule has 0 amide bonds. The lowest BCUT2D eigenvalue weighted by molar-refractivity contribution is -0.136. The van der Waals surface area contributed by atoms with Crippen LogP contribution in [-0.2, 0) is 11.2 Å². The molecular formula is C28H33NO4. The number of rotatable bonds is 10. The first-order valence-electron chi connectivity index (χ1n) is 12.0. The highest BCUT2D eigenvalue weighted by Gasteiger charge is 2.18. The molecule has 0 atom stereocenters. The number of carboxylic acids is 1. The molecule has 33 heavy (non-hydrogen) atoms. The third-order valence-electron chi connectivity index (χ3n) is 6.49. The van der Waals surface area contributed by atoms with Gasteiger partial charge in [-0.05, 0) is 65.3 Å². The van der Waals surface area contributed by atoms with Crippen LogP contribution < -0.4 is 10.1 Å². The number of carboxylic acid groups (broad SMARTS) is 1. The van der Waals surface area contributed by atoms with E-state index in [9.17, 15) is 9.90 Å². The molecule has 5 nitrogen and oxygen atoms in total. The summed E-state index contributed by atoms with van der Waals surface area (Å²) in [6.45, 7) is 1.30. The maximum atomic E-state index is 11.2. The second kappa shape index (κ2) is 11.2. The van der Waals surface area contributed by atoms with Crippen LogP contribution in [0.4, 0.5) is 5.69 Å². The van der Waals surface area contributed by atoms with Crippen molar-refractivity contribution in [3.8, 4) is 16.9 Å². The van der Waals surface area contributed by atoms with Crippen molar-refractivity contribution in [3.63, 3.8) is 0 Å². The summed E-state index contributed by atoms with van der Waals surface area (Å²) in [4.78, 5) is 11.2. The van der Waals surface area contributed by atoms with E-state index >= 15 is 0 Å². The van der Waals surface area contributed by atoms with Gasteiger partial charge in [-0.15, -0.1) is 0 Å². The first kappa shape index (κ1) is 23.1. The molecule has 0 aliphatic heterocycles. The number of aryl methyl sites for hydroxylation is 1. The largest absolute Gasteiger partial charge is 0.492 e. The Morgan fingerprint density at radius 3 is 2.58 bits per heavy atom. The normalized spacial score (nSPS) is 14.3. The highest BCUT2D eigenvalue weighted by molar-refractivity contribution is 5.90. The Kier molecular flexibility index (Phi) is 7.84. The van der Waals surface area contributed by atoms with Gasteiger partial charge in [-0.1, -0.05) is 55.7 Å². The van der Waals surface area contributed by atoms with Gasteiger partial charge < -0.3 is 20.3 Å². The average molecular weight is 448 g/mol. The summed E-state index contributed by atoms with van der Waals surface area (Å²) in [5.41, 5.74) is 4.01. The Balaban J connectivity index is 1.64. The third kappa shape index (κ3) is 6.05. The lowest BCUT2D eigenvalue weighted by Gasteiger charge is -2.24. The van der Waals surface area contributed by atoms with Crippen molar-refractivity contribution in [1.82, 2.24) is 0 Å². The molecule has 0 saturated heterocycles. The summed E-state index contributed by atoms with van der Waals surface area (Å²) >= 11 is 0. The molecule has 0 heterocycles. The van der Waals surface area contributed by atoms with E-state index in [0.717, 1.165) is 38.9 Å². The number of nitrogens with one attached hydrogen (secondary N) is 1. The highest BCUT2D eigenvalue weighted by atomic mass is 16.5. The maximum absolute atomic E-state index is 11.2. The minimum absolute atomic E-state index is 0.0879. The van der Waals surface area contributed by atoms with E-state index in [4.69, 9.17) is 9.84 Å². The van der Waals surface area contributed by atoms with Crippen molar-refractivity contribution in [2.75, 3.05) is 25.1 Å². The number of hydrogen-bond donors (Lipinski definition) is 3. The van der Waals surface area contributed by atoms with Gasteiger partial charge in [-0.2, -0.15) is 0 Å². The zero-order valence-corrected chi connectivity index (χ0v) is 19.1. The van der Waals surface area contributed by atoms with Gasteiger partial charge >= 0.3 is 5.97 Å². The zero-order chi connectivity index (χ0) is 23.0. The van der Waals surface area contributed by atoms with Crippen molar-refractivity contribution in [2.24, 2.45) is 5.92 Å². The van der Waals surface area contributed by atoms with Gasteiger partial charge in [-0.25, -0.2) is 0 Å². The van der Waals surface area contributed by atoms with Crippen molar-refractivity contribution in [2.45, 2.75) is 44.9 Å². The van der Waals surface area contributed by atoms with E-state index < -0.39 is 5.97 Å². The molecule has 1 saturated carbocycles. The van der Waals surface area contributed by atoms with Crippen LogP contribution in [0.5, 0.6) is 5.75 Å². The predicted molar refractivity (Wildman–Crippen MR) is 133 cm³/mol. The quantitative estimate of drug-likeness (QED) is 0.361. The van der Waals surface area contributed by atoms with E-state index in [-0.39, 0.29) is 13.0 Å². The molecule has 0 radical (unpaired) electrons. The van der Waals surface area contributed by atoms with E-state index in [1.165, 1.54) is 32.1 Å². The Labute approximate surface area is 195 Å². The molecular weight excluding hydrogens is 414 g/mol. The lowest BCUT2D eigenvalue weighted by atomic mass is 9.90. The number of benzene rings is 3. The van der Waals surface area contributed by atoms with Gasteiger partial charge in [0.15, 0.2) is 0 Å². The standard InChI is InChI=1S/C28H33NO4/c30-16-15-29-25-13-11-22-17-24(10-9-23(22)18-25)26-8-4-7-21(12-14-27(31)32)28(26)33-19-20-5-2-1-3-6-20/h4,7-11,13,17-18,20,29-30H,1-3,5-6,12,14-16,19H2,(H,31,32). The number of anilines is 1. The van der Waals surface area contributed by atoms with Crippen molar-refractivity contribution in [1.29, 1.82) is 0 Å². The van der Waals surface area contributed by atoms with Gasteiger partial charge in [0.1, 0.15) is 5.75 Å². The average Bonchev–Trinajstić information content (AvgIpc) is 2.85. The monoisotopic (exact) mass is 447 g/mol. The Morgan fingerprint density at radius 1 is 1.00 bits per heavy atom. The van der Waals surface area contributed by atoms with Gasteiger partial charge in [-0.3, -0.25) is 4.79 Å². The van der Waals surface area contributed by atoms with Gasteiger partial charge in [0.25, 0.3) is 0 Å². The van der Waals surface area contributed by atoms with Crippen LogP contribution in [0.25, 0.3) is 21.9 Å². The highest BCUT2D eigenvalue weighted by Crippen LogP contribution is 2.37. The number of aliphatic hydroxyl groups is 1. The van der Waals surface area contributed by atoms with Crippen LogP contribution in [0.2, 0.25) is 0 Å². The van der Waals surface area contributed by atoms with Crippen LogP contribution in [0.3, 0.4) is 0 Å². The van der Waals surface area contributed by atoms with E-state index in [1.807, 2.05) is 18.2 Å². The summed E-state index contributed by atoms with van der Waals surface area (Å²) in [7, 11) is 0. The molecule has 1 aliphatic carbocycles. The fourth-order valence-electron chi connectivity index (χ4n) is 4.70. The summed E-state index contributed by atoms with van der Waals surface area (Å²) in [6, 6.07) is 18.6. The summed E-state index contributed by atoms with van der Waals surface area (Å²) in [5.74, 6) is 0.598. The van der Waals surface area contributed by atoms with Crippen LogP contribution in [-0.4, -0.2) is 35.9 Å². The smallest absolute Gasteiger partial charge is 0.303 e. The molecule has 3 N–H and O–H groups in total. The number of aliphatic carboxylic acids is 1. The van der Waals surface area contributed by atoms with Crippen LogP contribution in [0.1, 0.15) is 44.1 Å². The second-order valence-corrected chi connectivity index (χ2v) is 8.93. The van der Waals surface area contributed by atoms with E-state index in [0.29, 0.717) is 25.5 Å². The Bertz CT molecular complexity index is 1090. The van der Waals surface area contributed by atoms with Gasteiger partial charge in [0.2, 0.25) is 0 Å². The van der Waals surface area contributed by atoms with E-state index in [2.05, 4.69) is 41.7 Å². The van der Waals surface area contributed by atoms with Crippen molar-refractivity contribution < 1.29 is 19.7 Å². The molecule has 0 aromatic heterocycles. The molecule has 3 aromatic carbocycles. The number of carbonyl (C=O) groups is 1. The molecule has 1 fully saturated rings. The van der Waals surface area contributed by atoms with Crippen LogP contribution >= 0.6 is 0 Å². The molecule has 0 unspecified atom stereocenters. The second-order valence-electron chi connectivity index (χ2n) is 8.93. The molecule has 1 aliphatic rings. The summed E-state index contributed by atoms with van der Waals surface area (Å²) in [5, 5.41) is 23.7. The van der Waals surface area contributed by atoms with Crippen LogP contribution in [0.15, 0.2) is 54.6 Å². The first-order chi connectivity index (χ1) is 16.1. The fraction of sp³-hybridized carbons (Fsp3) is 0.393. The number of ether oxygens (including phenoxy) is 1. The fourth-order valence-corrected chi connectivity index (χ4v) is 4.70. The lowest BCUT2D eigenvalue weighted by Crippen LogP contribution is -2.16. The van der Waals surface area contributed by atoms with Gasteiger partial charge in [0.05, 0.1) is 13.2 Å². The topological polar surface area (TPSA) is 78.8 Å².